The van der Waals surface area contributed by atoms with E-state index in [9.17, 15) is 60.7 Å². The van der Waals surface area contributed by atoms with Gasteiger partial charge in [-0.25, -0.2) is 4.79 Å². The summed E-state index contributed by atoms with van der Waals surface area (Å²) in [5.74, 6) is -3.21. The molecule has 19 nitrogen and oxygen atoms in total. The molecule has 0 aromatic carbocycles. The first-order valence-electron chi connectivity index (χ1n) is 24.0. The maximum Gasteiger partial charge on any atom is 0.315 e. The summed E-state index contributed by atoms with van der Waals surface area (Å²) in [6.45, 7) is 3.47. The number of hydrogen-bond acceptors (Lipinski definition) is 17. The number of rotatable bonds is 5. The number of hydrogen-bond donors (Lipinski definition) is 12. The summed E-state index contributed by atoms with van der Waals surface area (Å²) in [7, 11) is 0. The van der Waals surface area contributed by atoms with Gasteiger partial charge in [0.05, 0.1) is 80.1 Å². The molecule has 2 saturated heterocycles. The molecule has 4 rings (SSSR count). The van der Waals surface area contributed by atoms with Crippen molar-refractivity contribution in [2.45, 2.75) is 176 Å². The average Bonchev–Trinajstić information content (AvgIpc) is 3.29. The summed E-state index contributed by atoms with van der Waals surface area (Å²) in [6.07, 6.45) is 10.2. The Kier molecular flexibility index (Phi) is 25.3. The number of esters is 1. The Bertz CT molecular complexity index is 1910. The van der Waals surface area contributed by atoms with E-state index in [2.05, 4.69) is 15.6 Å². The molecule has 70 heavy (non-hydrogen) atoms. The highest BCUT2D eigenvalue weighted by Crippen LogP contribution is 2.35. The van der Waals surface area contributed by atoms with Crippen molar-refractivity contribution < 1.29 is 79.6 Å². The van der Waals surface area contributed by atoms with Gasteiger partial charge < -0.3 is 80.6 Å². The van der Waals surface area contributed by atoms with E-state index in [0.717, 1.165) is 5.56 Å². The molecular formula is C51H75N3O16. The van der Waals surface area contributed by atoms with E-state index in [4.69, 9.17) is 18.9 Å². The van der Waals surface area contributed by atoms with Gasteiger partial charge in [-0.2, -0.15) is 0 Å². The van der Waals surface area contributed by atoms with E-state index in [-0.39, 0.29) is 57.6 Å². The molecule has 1 aromatic rings. The monoisotopic (exact) mass is 986 g/mol. The number of pyridine rings is 1. The smallest absolute Gasteiger partial charge is 0.315 e. The molecule has 2 amide bonds. The van der Waals surface area contributed by atoms with E-state index >= 15 is 0 Å². The van der Waals surface area contributed by atoms with Crippen molar-refractivity contribution in [3.63, 3.8) is 0 Å². The van der Waals surface area contributed by atoms with Gasteiger partial charge in [0.15, 0.2) is 12.1 Å². The van der Waals surface area contributed by atoms with Crippen LogP contribution in [0.2, 0.25) is 0 Å². The SMILES string of the molecule is C[C@H]1C[C@H](O)[C@@H](C)/C=C/C=C/C=C/C=C/C=C/C=C/C=C/[C@H](O[C@@H]2OC[C@@H](O)C[C@@H]2O)C[C@@H]2O[C@](O)(C[C@@H](O)C[C@@H](O)[C@H](O)CC[C@@H](O)C[C@@H](O)CC(=O)O1)C[C@H](O)[C@H]2NC(=O)NCc1ccncc1. The molecule has 3 aliphatic rings. The molecule has 12 N–H and O–H groups in total. The third kappa shape index (κ3) is 21.9. The Balaban J connectivity index is 1.56. The zero-order valence-corrected chi connectivity index (χ0v) is 39.9. The van der Waals surface area contributed by atoms with E-state index in [1.807, 2.05) is 49.5 Å². The fraction of sp³-hybridized carbons (Fsp3) is 0.588. The summed E-state index contributed by atoms with van der Waals surface area (Å²) < 4.78 is 23.4. The topological polar surface area (TPSA) is 310 Å². The molecular weight excluding hydrogens is 911 g/mol. The van der Waals surface area contributed by atoms with Crippen molar-refractivity contribution in [2.24, 2.45) is 5.92 Å². The van der Waals surface area contributed by atoms with Gasteiger partial charge in [-0.3, -0.25) is 9.78 Å². The Morgan fingerprint density at radius 1 is 0.686 bits per heavy atom. The van der Waals surface area contributed by atoms with E-state index < -0.39 is 129 Å². The van der Waals surface area contributed by atoms with Crippen LogP contribution in [0.1, 0.15) is 83.6 Å². The second-order valence-electron chi connectivity index (χ2n) is 18.4. The third-order valence-corrected chi connectivity index (χ3v) is 12.0. The van der Waals surface area contributed by atoms with Crippen molar-refractivity contribution in [1.29, 1.82) is 0 Å². The van der Waals surface area contributed by atoms with Crippen LogP contribution < -0.4 is 10.6 Å². The molecule has 19 heteroatoms. The van der Waals surface area contributed by atoms with Gasteiger partial charge in [-0.15, -0.1) is 0 Å². The Labute approximate surface area is 409 Å². The Hall–Kier alpha value is -4.45. The zero-order valence-electron chi connectivity index (χ0n) is 39.9. The first-order valence-corrected chi connectivity index (χ1v) is 24.0. The van der Waals surface area contributed by atoms with Gasteiger partial charge in [0, 0.05) is 63.4 Å². The fourth-order valence-corrected chi connectivity index (χ4v) is 8.21. The van der Waals surface area contributed by atoms with Gasteiger partial charge in [0.2, 0.25) is 0 Å². The van der Waals surface area contributed by atoms with Gasteiger partial charge in [0.1, 0.15) is 12.2 Å². The molecule has 0 saturated carbocycles. The van der Waals surface area contributed by atoms with Crippen LogP contribution in [0.3, 0.4) is 0 Å². The highest BCUT2D eigenvalue weighted by molar-refractivity contribution is 5.74. The van der Waals surface area contributed by atoms with E-state index in [0.29, 0.717) is 0 Å². The van der Waals surface area contributed by atoms with Crippen LogP contribution in [0, 0.1) is 5.92 Å². The normalized spacial score (nSPS) is 39.7. The second kappa shape index (κ2) is 30.4. The second-order valence-corrected chi connectivity index (χ2v) is 18.4. The Morgan fingerprint density at radius 3 is 1.94 bits per heavy atom. The van der Waals surface area contributed by atoms with Crippen molar-refractivity contribution in [3.05, 3.63) is 115 Å². The molecule has 3 aliphatic heterocycles. The number of aliphatic hydroxyl groups excluding tert-OH is 9. The number of nitrogens with one attached hydrogen (secondary N) is 2. The average molecular weight is 986 g/mol. The molecule has 16 atom stereocenters. The molecule has 2 fully saturated rings. The summed E-state index contributed by atoms with van der Waals surface area (Å²) in [5.41, 5.74) is 0.752. The van der Waals surface area contributed by atoms with Gasteiger partial charge in [-0.05, 0) is 43.9 Å². The summed E-state index contributed by atoms with van der Waals surface area (Å²) in [4.78, 5) is 29.8. The molecule has 390 valence electrons. The lowest BCUT2D eigenvalue weighted by Gasteiger charge is -2.46. The van der Waals surface area contributed by atoms with Crippen LogP contribution in [-0.2, 0) is 30.3 Å². The number of aromatic nitrogens is 1. The van der Waals surface area contributed by atoms with Crippen molar-refractivity contribution in [3.8, 4) is 0 Å². The van der Waals surface area contributed by atoms with E-state index in [1.54, 1.807) is 74.0 Å². The number of aliphatic hydroxyl groups is 10. The number of allylic oxidation sites excluding steroid dienone is 12. The molecule has 0 aliphatic carbocycles. The fourth-order valence-electron chi connectivity index (χ4n) is 8.21. The number of nitrogens with zero attached hydrogens (tertiary/aromatic N) is 1. The minimum atomic E-state index is -2.24. The minimum absolute atomic E-state index is 0.0219. The molecule has 0 spiro atoms. The summed E-state index contributed by atoms with van der Waals surface area (Å²) in [5, 5.41) is 114. The molecule has 4 heterocycles. The summed E-state index contributed by atoms with van der Waals surface area (Å²) >= 11 is 0. The zero-order chi connectivity index (χ0) is 51.1. The summed E-state index contributed by atoms with van der Waals surface area (Å²) in [6, 6.07) is 1.60. The Morgan fingerprint density at radius 2 is 1.30 bits per heavy atom. The van der Waals surface area contributed by atoms with E-state index in [1.165, 1.54) is 0 Å². The quantitative estimate of drug-likeness (QED) is 0.187. The number of fused-ring (bicyclic) bond motifs is 2. The van der Waals surface area contributed by atoms with Gasteiger partial charge >= 0.3 is 12.0 Å². The van der Waals surface area contributed by atoms with Crippen molar-refractivity contribution >= 4 is 12.0 Å². The highest BCUT2D eigenvalue weighted by atomic mass is 16.7. The lowest BCUT2D eigenvalue weighted by molar-refractivity contribution is -0.298. The molecule has 2 bridgehead atoms. The predicted molar refractivity (Wildman–Crippen MR) is 257 cm³/mol. The third-order valence-electron chi connectivity index (χ3n) is 12.0. The minimum Gasteiger partial charge on any atom is -0.462 e. The van der Waals surface area contributed by atoms with Crippen LogP contribution in [0.25, 0.3) is 0 Å². The number of urea groups is 1. The first-order chi connectivity index (χ1) is 33.4. The molecule has 0 radical (unpaired) electrons. The van der Waals surface area contributed by atoms with Crippen LogP contribution >= 0.6 is 0 Å². The largest absolute Gasteiger partial charge is 0.462 e. The number of cyclic esters (lactones) is 1. The lowest BCUT2D eigenvalue weighted by atomic mass is 9.87. The number of carbonyl (C=O) groups is 2. The maximum atomic E-state index is 13.3. The number of amides is 2. The number of ether oxygens (including phenoxy) is 4. The maximum absolute atomic E-state index is 13.3. The van der Waals surface area contributed by atoms with Crippen LogP contribution in [0.4, 0.5) is 4.79 Å². The van der Waals surface area contributed by atoms with Crippen LogP contribution in [0.15, 0.2) is 110 Å². The highest BCUT2D eigenvalue weighted by Gasteiger charge is 2.48. The number of carbonyl (C=O) groups excluding carboxylic acids is 2. The van der Waals surface area contributed by atoms with Crippen LogP contribution in [-0.4, -0.2) is 166 Å². The first kappa shape index (κ1) is 58.1. The molecule has 0 unspecified atom stereocenters. The molecule has 1 aromatic heterocycles. The van der Waals surface area contributed by atoms with Crippen LogP contribution in [0.5, 0.6) is 0 Å². The van der Waals surface area contributed by atoms with Crippen molar-refractivity contribution in [1.82, 2.24) is 15.6 Å². The van der Waals surface area contributed by atoms with Gasteiger partial charge in [0.25, 0.3) is 0 Å². The predicted octanol–water partition coefficient (Wildman–Crippen LogP) is 1.70. The lowest BCUT2D eigenvalue weighted by Crippen LogP contribution is -2.63. The standard InChI is InChI=1S/C51H75N3O16/c1-33-15-13-11-9-7-5-3-4-6-8-10-12-14-16-40(69-49-44(62)26-39(58)32-67-49)28-46-48(54-50(65)53-31-35-19-21-52-22-20-35)45(63)30-51(66,70-46)29-38(57)25-43(61)41(59)18-17-36(55)24-37(56)27-47(64)68-34(2)23-42(33)60/h3-16,19-22,33-34,36-46,48-49,55-63,66H,17-18,23-32H2,1-2H3,(H2,53,54,65)/b4-3+,7-5+,8-6+,11-9+,12-10+,15-13+,16-14+/t33-,34-,36+,37+,38-,39-,40-,41+,42-,43+,44-,45-,46-,48+,49-,51+/m0/s1. The van der Waals surface area contributed by atoms with Gasteiger partial charge in [-0.1, -0.05) is 92.0 Å². The van der Waals surface area contributed by atoms with Crippen molar-refractivity contribution in [2.75, 3.05) is 6.61 Å².